The van der Waals surface area contributed by atoms with Crippen molar-refractivity contribution in [3.05, 3.63) is 42.0 Å². The second-order valence-corrected chi connectivity index (χ2v) is 3.76. The van der Waals surface area contributed by atoms with Gasteiger partial charge in [-0.05, 0) is 19.0 Å². The van der Waals surface area contributed by atoms with Gasteiger partial charge < -0.3 is 10.1 Å². The zero-order valence-electron chi connectivity index (χ0n) is 10.1. The topological polar surface area (TPSA) is 21.3 Å². The van der Waals surface area contributed by atoms with E-state index in [1.54, 1.807) is 0 Å². The molecule has 0 heterocycles. The predicted octanol–water partition coefficient (Wildman–Crippen LogP) is 2.71. The Bertz CT molecular complexity index is 295. The van der Waals surface area contributed by atoms with Crippen molar-refractivity contribution >= 4 is 6.08 Å². The van der Waals surface area contributed by atoms with Crippen molar-refractivity contribution in [1.82, 2.24) is 5.32 Å². The van der Waals surface area contributed by atoms with Crippen molar-refractivity contribution in [3.63, 3.8) is 0 Å². The number of nitrogens with one attached hydrogen (secondary N) is 1. The second-order valence-electron chi connectivity index (χ2n) is 3.76. The number of ether oxygens (including phenoxy) is 1. The Morgan fingerprint density at radius 3 is 2.75 bits per heavy atom. The van der Waals surface area contributed by atoms with Crippen LogP contribution in [0.4, 0.5) is 0 Å². The van der Waals surface area contributed by atoms with Crippen molar-refractivity contribution in [2.24, 2.45) is 0 Å². The molecule has 0 radical (unpaired) electrons. The number of hydrogen-bond donors (Lipinski definition) is 1. The number of benzene rings is 1. The Hall–Kier alpha value is -1.12. The minimum absolute atomic E-state index is 0.264. The first kappa shape index (κ1) is 12.9. The maximum Gasteiger partial charge on any atom is 0.0675 e. The molecule has 0 bridgehead atoms. The lowest BCUT2D eigenvalue weighted by Gasteiger charge is -2.11. The molecule has 1 aromatic rings. The number of rotatable bonds is 7. The van der Waals surface area contributed by atoms with Crippen LogP contribution in [0.2, 0.25) is 0 Å². The summed E-state index contributed by atoms with van der Waals surface area (Å²) in [6.07, 6.45) is 4.40. The molecule has 0 saturated carbocycles. The van der Waals surface area contributed by atoms with E-state index in [2.05, 4.69) is 43.4 Å². The number of likely N-dealkylation sites (N-methyl/N-ethyl adjacent to an activating group) is 1. The van der Waals surface area contributed by atoms with Crippen LogP contribution in [0.15, 0.2) is 36.4 Å². The minimum atomic E-state index is 0.264. The van der Waals surface area contributed by atoms with Crippen LogP contribution in [0.3, 0.4) is 0 Å². The zero-order chi connectivity index (χ0) is 11.6. The first-order chi connectivity index (χ1) is 7.83. The fraction of sp³-hybridized carbons (Fsp3) is 0.429. The summed E-state index contributed by atoms with van der Waals surface area (Å²) in [6, 6.07) is 10.3. The molecule has 0 aliphatic carbocycles. The van der Waals surface area contributed by atoms with Gasteiger partial charge in [-0.25, -0.2) is 0 Å². The van der Waals surface area contributed by atoms with Crippen LogP contribution in [0.1, 0.15) is 19.4 Å². The second kappa shape index (κ2) is 8.08. The lowest BCUT2D eigenvalue weighted by molar-refractivity contribution is 0.0886. The molecule has 1 aromatic carbocycles. The summed E-state index contributed by atoms with van der Waals surface area (Å²) in [4.78, 5) is 0. The summed E-state index contributed by atoms with van der Waals surface area (Å²) < 4.78 is 5.62. The summed E-state index contributed by atoms with van der Waals surface area (Å²) in [6.45, 7) is 6.76. The van der Waals surface area contributed by atoms with Gasteiger partial charge in [0.1, 0.15) is 0 Å². The van der Waals surface area contributed by atoms with Gasteiger partial charge in [0.2, 0.25) is 0 Å². The van der Waals surface area contributed by atoms with Gasteiger partial charge in [0, 0.05) is 6.54 Å². The maximum absolute atomic E-state index is 5.62. The van der Waals surface area contributed by atoms with E-state index < -0.39 is 0 Å². The molecule has 0 aliphatic rings. The monoisotopic (exact) mass is 219 g/mol. The first-order valence-corrected chi connectivity index (χ1v) is 5.87. The SMILES string of the molecule is CCNCC(C)OCC=Cc1ccccc1. The summed E-state index contributed by atoms with van der Waals surface area (Å²) in [5.74, 6) is 0. The molecule has 0 amide bonds. The average Bonchev–Trinajstić information content (AvgIpc) is 2.33. The molecular formula is C14H21NO. The first-order valence-electron chi connectivity index (χ1n) is 5.87. The minimum Gasteiger partial charge on any atom is -0.373 e. The van der Waals surface area contributed by atoms with Gasteiger partial charge in [0.15, 0.2) is 0 Å². The highest BCUT2D eigenvalue weighted by atomic mass is 16.5. The van der Waals surface area contributed by atoms with E-state index in [1.165, 1.54) is 5.56 Å². The lowest BCUT2D eigenvalue weighted by Crippen LogP contribution is -2.26. The fourth-order valence-electron chi connectivity index (χ4n) is 1.37. The Morgan fingerprint density at radius 2 is 2.06 bits per heavy atom. The molecule has 0 aliphatic heterocycles. The Labute approximate surface area is 98.3 Å². The highest BCUT2D eigenvalue weighted by Gasteiger charge is 1.97. The molecular weight excluding hydrogens is 198 g/mol. The van der Waals surface area contributed by atoms with E-state index in [0.29, 0.717) is 6.61 Å². The van der Waals surface area contributed by atoms with Crippen LogP contribution in [0.5, 0.6) is 0 Å². The molecule has 1 atom stereocenters. The van der Waals surface area contributed by atoms with E-state index in [-0.39, 0.29) is 6.10 Å². The largest absolute Gasteiger partial charge is 0.373 e. The maximum atomic E-state index is 5.62. The van der Waals surface area contributed by atoms with Crippen molar-refractivity contribution < 1.29 is 4.74 Å². The van der Waals surface area contributed by atoms with Crippen LogP contribution in [0, 0.1) is 0 Å². The third kappa shape index (κ3) is 5.69. The normalized spacial score (nSPS) is 13.1. The molecule has 0 saturated heterocycles. The highest BCUT2D eigenvalue weighted by Crippen LogP contribution is 2.01. The predicted molar refractivity (Wildman–Crippen MR) is 69.4 cm³/mol. The molecule has 2 heteroatoms. The molecule has 0 spiro atoms. The fourth-order valence-corrected chi connectivity index (χ4v) is 1.37. The quantitative estimate of drug-likeness (QED) is 0.761. The van der Waals surface area contributed by atoms with Crippen LogP contribution in [-0.4, -0.2) is 25.8 Å². The molecule has 1 N–H and O–H groups in total. The van der Waals surface area contributed by atoms with E-state index >= 15 is 0 Å². The molecule has 88 valence electrons. The summed E-state index contributed by atoms with van der Waals surface area (Å²) >= 11 is 0. The van der Waals surface area contributed by atoms with E-state index in [4.69, 9.17) is 4.74 Å². The van der Waals surface area contributed by atoms with E-state index in [1.807, 2.05) is 18.2 Å². The van der Waals surface area contributed by atoms with Crippen molar-refractivity contribution in [1.29, 1.82) is 0 Å². The van der Waals surface area contributed by atoms with Crippen LogP contribution >= 0.6 is 0 Å². The molecule has 0 aromatic heterocycles. The van der Waals surface area contributed by atoms with Crippen molar-refractivity contribution in [2.45, 2.75) is 20.0 Å². The van der Waals surface area contributed by atoms with Gasteiger partial charge in [-0.3, -0.25) is 0 Å². The Morgan fingerprint density at radius 1 is 1.31 bits per heavy atom. The molecule has 16 heavy (non-hydrogen) atoms. The Kier molecular flexibility index (Phi) is 6.54. The smallest absolute Gasteiger partial charge is 0.0675 e. The molecule has 1 rings (SSSR count). The van der Waals surface area contributed by atoms with Crippen LogP contribution < -0.4 is 5.32 Å². The summed E-state index contributed by atoms with van der Waals surface area (Å²) in [7, 11) is 0. The molecule has 1 unspecified atom stereocenters. The van der Waals surface area contributed by atoms with Gasteiger partial charge in [-0.15, -0.1) is 0 Å². The van der Waals surface area contributed by atoms with Crippen molar-refractivity contribution in [2.75, 3.05) is 19.7 Å². The Balaban J connectivity index is 2.17. The van der Waals surface area contributed by atoms with Gasteiger partial charge >= 0.3 is 0 Å². The van der Waals surface area contributed by atoms with Crippen molar-refractivity contribution in [3.8, 4) is 0 Å². The van der Waals surface area contributed by atoms with Crippen LogP contribution in [0.25, 0.3) is 6.08 Å². The third-order valence-electron chi connectivity index (χ3n) is 2.27. The van der Waals surface area contributed by atoms with Gasteiger partial charge in [0.25, 0.3) is 0 Å². The van der Waals surface area contributed by atoms with Gasteiger partial charge in [-0.1, -0.05) is 49.4 Å². The van der Waals surface area contributed by atoms with Gasteiger partial charge in [0.05, 0.1) is 12.7 Å². The molecule has 0 fully saturated rings. The lowest BCUT2D eigenvalue weighted by atomic mass is 10.2. The number of hydrogen-bond acceptors (Lipinski definition) is 2. The molecule has 2 nitrogen and oxygen atoms in total. The highest BCUT2D eigenvalue weighted by molar-refractivity contribution is 5.48. The average molecular weight is 219 g/mol. The van der Waals surface area contributed by atoms with Crippen LogP contribution in [-0.2, 0) is 4.74 Å². The standard InChI is InChI=1S/C14H21NO/c1-3-15-12-13(2)16-11-7-10-14-8-5-4-6-9-14/h4-10,13,15H,3,11-12H2,1-2H3. The van der Waals surface area contributed by atoms with Gasteiger partial charge in [-0.2, -0.15) is 0 Å². The van der Waals surface area contributed by atoms with E-state index in [0.717, 1.165) is 13.1 Å². The third-order valence-corrected chi connectivity index (χ3v) is 2.27. The summed E-state index contributed by atoms with van der Waals surface area (Å²) in [5.41, 5.74) is 1.21. The summed E-state index contributed by atoms with van der Waals surface area (Å²) in [5, 5.41) is 3.26. The zero-order valence-corrected chi connectivity index (χ0v) is 10.1. The van der Waals surface area contributed by atoms with E-state index in [9.17, 15) is 0 Å².